The first kappa shape index (κ1) is 22.3. The minimum Gasteiger partial charge on any atom is -0.478 e. The van der Waals surface area contributed by atoms with Gasteiger partial charge in [0.1, 0.15) is 11.1 Å². The van der Waals surface area contributed by atoms with Crippen LogP contribution < -0.4 is 0 Å². The third kappa shape index (κ3) is 3.69. The summed E-state index contributed by atoms with van der Waals surface area (Å²) in [6.45, 7) is 1.63. The Morgan fingerprint density at radius 1 is 0.818 bits per heavy atom. The number of nitrogens with zero attached hydrogens (tertiary/aromatic N) is 2. The van der Waals surface area contributed by atoms with Crippen molar-refractivity contribution in [2.45, 2.75) is 25.1 Å². The van der Waals surface area contributed by atoms with E-state index in [0.717, 1.165) is 0 Å². The van der Waals surface area contributed by atoms with Gasteiger partial charge in [-0.05, 0) is 23.1 Å². The van der Waals surface area contributed by atoms with Crippen LogP contribution in [0.2, 0.25) is 0 Å². The maximum atomic E-state index is 14.0. The third-order valence-corrected chi connectivity index (χ3v) is 5.69. The number of alkyl halides is 3. The Hall–Kier alpha value is -3.87. The molecule has 4 rings (SSSR count). The SMILES string of the molecule is CCc1c(C(=O)O)c(C(F)(F)F)nn1C(c1ccccc1)(c1ccccc1)c1ccccc1. The van der Waals surface area contributed by atoms with Gasteiger partial charge in [0.15, 0.2) is 5.69 Å². The van der Waals surface area contributed by atoms with Crippen LogP contribution in [0.1, 0.15) is 45.4 Å². The second kappa shape index (κ2) is 8.58. The highest BCUT2D eigenvalue weighted by Crippen LogP contribution is 2.44. The standard InChI is InChI=1S/C26H21F3N2O2/c1-2-21-22(24(32)33)23(26(27,28)29)30-31(21)25(18-12-6-3-7-13-18,19-14-8-4-9-15-19)20-16-10-5-11-17-20/h3-17H,2H2,1H3,(H,32,33). The van der Waals surface area contributed by atoms with Crippen molar-refractivity contribution in [2.24, 2.45) is 0 Å². The monoisotopic (exact) mass is 450 g/mol. The number of aromatic carboxylic acids is 1. The summed E-state index contributed by atoms with van der Waals surface area (Å²) in [5.74, 6) is -1.66. The Kier molecular flexibility index (Phi) is 5.80. The number of benzene rings is 3. The Bertz CT molecular complexity index is 1150. The van der Waals surface area contributed by atoms with Crippen LogP contribution in [0.25, 0.3) is 0 Å². The molecular formula is C26H21F3N2O2. The first-order chi connectivity index (χ1) is 15.8. The normalized spacial score (nSPS) is 12.0. The highest BCUT2D eigenvalue weighted by Gasteiger charge is 2.47. The summed E-state index contributed by atoms with van der Waals surface area (Å²) in [6.07, 6.45) is -4.89. The molecule has 33 heavy (non-hydrogen) atoms. The minimum absolute atomic E-state index is 0.00798. The van der Waals surface area contributed by atoms with Gasteiger partial charge in [-0.15, -0.1) is 0 Å². The Morgan fingerprint density at radius 3 is 1.52 bits per heavy atom. The summed E-state index contributed by atoms with van der Waals surface area (Å²) in [5, 5.41) is 13.8. The number of rotatable bonds is 6. The van der Waals surface area contributed by atoms with E-state index in [1.807, 2.05) is 54.6 Å². The van der Waals surface area contributed by atoms with Crippen LogP contribution in [0.4, 0.5) is 13.2 Å². The van der Waals surface area contributed by atoms with Crippen LogP contribution >= 0.6 is 0 Å². The van der Waals surface area contributed by atoms with Crippen molar-refractivity contribution in [1.82, 2.24) is 9.78 Å². The van der Waals surface area contributed by atoms with E-state index in [1.54, 1.807) is 43.3 Å². The molecule has 0 bridgehead atoms. The molecule has 0 radical (unpaired) electrons. The molecular weight excluding hydrogens is 429 g/mol. The summed E-state index contributed by atoms with van der Waals surface area (Å²) in [5.41, 5.74) is -1.59. The second-order valence-electron chi connectivity index (χ2n) is 7.55. The van der Waals surface area contributed by atoms with E-state index >= 15 is 0 Å². The van der Waals surface area contributed by atoms with Crippen molar-refractivity contribution >= 4 is 5.97 Å². The Labute approximate surface area is 188 Å². The molecule has 1 N–H and O–H groups in total. The summed E-state index contributed by atoms with van der Waals surface area (Å²) in [6, 6.07) is 27.1. The molecule has 0 aliphatic rings. The maximum Gasteiger partial charge on any atom is 0.436 e. The lowest BCUT2D eigenvalue weighted by molar-refractivity contribution is -0.142. The van der Waals surface area contributed by atoms with Crippen molar-refractivity contribution in [2.75, 3.05) is 0 Å². The van der Waals surface area contributed by atoms with Gasteiger partial charge in [-0.2, -0.15) is 18.3 Å². The largest absolute Gasteiger partial charge is 0.478 e. The van der Waals surface area contributed by atoms with E-state index in [4.69, 9.17) is 0 Å². The van der Waals surface area contributed by atoms with E-state index in [9.17, 15) is 23.1 Å². The zero-order chi connectivity index (χ0) is 23.6. The predicted octanol–water partition coefficient (Wildman–Crippen LogP) is 6.00. The molecule has 4 aromatic rings. The van der Waals surface area contributed by atoms with Gasteiger partial charge in [0, 0.05) is 0 Å². The molecule has 0 spiro atoms. The molecule has 0 unspecified atom stereocenters. The molecule has 0 atom stereocenters. The zero-order valence-electron chi connectivity index (χ0n) is 17.8. The number of hydrogen-bond acceptors (Lipinski definition) is 2. The molecule has 4 nitrogen and oxygen atoms in total. The van der Waals surface area contributed by atoms with Crippen molar-refractivity contribution < 1.29 is 23.1 Å². The van der Waals surface area contributed by atoms with Crippen LogP contribution in [-0.2, 0) is 18.1 Å². The fourth-order valence-electron chi connectivity index (χ4n) is 4.38. The number of halogens is 3. The predicted molar refractivity (Wildman–Crippen MR) is 118 cm³/mol. The molecule has 0 fully saturated rings. The summed E-state index contributed by atoms with van der Waals surface area (Å²) < 4.78 is 43.2. The van der Waals surface area contributed by atoms with Gasteiger partial charge in [-0.25, -0.2) is 9.48 Å². The van der Waals surface area contributed by atoms with E-state index in [0.29, 0.717) is 16.7 Å². The Balaban J connectivity index is 2.24. The Morgan fingerprint density at radius 2 is 1.21 bits per heavy atom. The molecule has 0 saturated carbocycles. The summed E-state index contributed by atoms with van der Waals surface area (Å²) in [4.78, 5) is 12.0. The van der Waals surface area contributed by atoms with Crippen LogP contribution in [-0.4, -0.2) is 20.9 Å². The molecule has 168 valence electrons. The number of carbonyl (C=O) groups is 1. The lowest BCUT2D eigenvalue weighted by Gasteiger charge is -2.37. The highest BCUT2D eigenvalue weighted by molar-refractivity contribution is 5.90. The van der Waals surface area contributed by atoms with Crippen LogP contribution in [0.5, 0.6) is 0 Å². The summed E-state index contributed by atoms with van der Waals surface area (Å²) >= 11 is 0. The molecule has 0 saturated heterocycles. The molecule has 1 heterocycles. The average Bonchev–Trinajstić information content (AvgIpc) is 3.23. The first-order valence-corrected chi connectivity index (χ1v) is 10.4. The fraction of sp³-hybridized carbons (Fsp3) is 0.154. The van der Waals surface area contributed by atoms with Gasteiger partial charge in [0.05, 0.1) is 5.69 Å². The second-order valence-corrected chi connectivity index (χ2v) is 7.55. The lowest BCUT2D eigenvalue weighted by atomic mass is 9.76. The molecule has 0 amide bonds. The van der Waals surface area contributed by atoms with Gasteiger partial charge in [-0.1, -0.05) is 97.9 Å². The fourth-order valence-corrected chi connectivity index (χ4v) is 4.38. The molecule has 3 aromatic carbocycles. The zero-order valence-corrected chi connectivity index (χ0v) is 17.8. The smallest absolute Gasteiger partial charge is 0.436 e. The summed E-state index contributed by atoms with van der Waals surface area (Å²) in [7, 11) is 0. The quantitative estimate of drug-likeness (QED) is 0.367. The lowest BCUT2D eigenvalue weighted by Crippen LogP contribution is -2.40. The van der Waals surface area contributed by atoms with Gasteiger partial charge in [0.25, 0.3) is 0 Å². The number of aromatic nitrogens is 2. The topological polar surface area (TPSA) is 55.1 Å². The van der Waals surface area contributed by atoms with Gasteiger partial charge in [0.2, 0.25) is 0 Å². The maximum absolute atomic E-state index is 14.0. The molecule has 0 aliphatic carbocycles. The number of hydrogen-bond donors (Lipinski definition) is 1. The molecule has 0 aliphatic heterocycles. The van der Waals surface area contributed by atoms with E-state index in [1.165, 1.54) is 4.68 Å². The van der Waals surface area contributed by atoms with Crippen molar-refractivity contribution in [3.63, 3.8) is 0 Å². The van der Waals surface area contributed by atoms with E-state index in [-0.39, 0.29) is 12.1 Å². The number of carboxylic acid groups (broad SMARTS) is 1. The van der Waals surface area contributed by atoms with Crippen molar-refractivity contribution in [3.8, 4) is 0 Å². The van der Waals surface area contributed by atoms with Crippen LogP contribution in [0, 0.1) is 0 Å². The minimum atomic E-state index is -4.93. The number of carboxylic acids is 1. The van der Waals surface area contributed by atoms with Gasteiger partial charge >= 0.3 is 12.1 Å². The third-order valence-electron chi connectivity index (χ3n) is 5.69. The van der Waals surface area contributed by atoms with Crippen LogP contribution in [0.15, 0.2) is 91.0 Å². The molecule has 1 aromatic heterocycles. The van der Waals surface area contributed by atoms with Crippen molar-refractivity contribution in [1.29, 1.82) is 0 Å². The average molecular weight is 450 g/mol. The van der Waals surface area contributed by atoms with Crippen molar-refractivity contribution in [3.05, 3.63) is 125 Å². The van der Waals surface area contributed by atoms with Gasteiger partial charge in [-0.3, -0.25) is 0 Å². The highest BCUT2D eigenvalue weighted by atomic mass is 19.4. The van der Waals surface area contributed by atoms with E-state index < -0.39 is 28.9 Å². The van der Waals surface area contributed by atoms with Crippen LogP contribution in [0.3, 0.4) is 0 Å². The first-order valence-electron chi connectivity index (χ1n) is 10.4. The molecule has 7 heteroatoms. The van der Waals surface area contributed by atoms with E-state index in [2.05, 4.69) is 5.10 Å². The van der Waals surface area contributed by atoms with Gasteiger partial charge < -0.3 is 5.11 Å².